The second-order valence-electron chi connectivity index (χ2n) is 6.59. The average molecular weight is 439 g/mol. The van der Waals surface area contributed by atoms with Crippen LogP contribution in [0.15, 0.2) is 60.7 Å². The van der Waals surface area contributed by atoms with E-state index in [9.17, 15) is 31.9 Å². The summed E-state index contributed by atoms with van der Waals surface area (Å²) in [5, 5.41) is 12.7. The standard InChI is InChI=1S/C21H18F5N3O2/c22-19(23)17-16(20(31)28(11-12-30)13-14-7-3-1-4-8-14)18(21(24,25)26)27-29(17)15-9-5-2-6-10-15/h1-10,19,30H,11-13H2. The molecule has 1 aromatic heterocycles. The topological polar surface area (TPSA) is 58.4 Å². The van der Waals surface area contributed by atoms with Crippen LogP contribution >= 0.6 is 0 Å². The highest BCUT2D eigenvalue weighted by atomic mass is 19.4. The SMILES string of the molecule is O=C(c1c(C(F)(F)F)nn(-c2ccccc2)c1C(F)F)N(CCO)Cc1ccccc1. The summed E-state index contributed by atoms with van der Waals surface area (Å²) in [4.78, 5) is 14.0. The van der Waals surface area contributed by atoms with E-state index in [-0.39, 0.29) is 18.8 Å². The maximum absolute atomic E-state index is 14.0. The molecule has 31 heavy (non-hydrogen) atoms. The number of carbonyl (C=O) groups is 1. The number of aliphatic hydroxyl groups excluding tert-OH is 1. The minimum absolute atomic E-state index is 0.0425. The molecular weight excluding hydrogens is 421 g/mol. The Bertz CT molecular complexity index is 1020. The van der Waals surface area contributed by atoms with Gasteiger partial charge in [0.2, 0.25) is 0 Å². The average Bonchev–Trinajstić information content (AvgIpc) is 3.16. The maximum Gasteiger partial charge on any atom is 0.436 e. The van der Waals surface area contributed by atoms with Gasteiger partial charge in [-0.05, 0) is 17.7 Å². The molecule has 0 aliphatic carbocycles. The lowest BCUT2D eigenvalue weighted by Crippen LogP contribution is -2.34. The van der Waals surface area contributed by atoms with E-state index in [1.54, 1.807) is 36.4 Å². The van der Waals surface area contributed by atoms with Crippen molar-refractivity contribution in [3.63, 3.8) is 0 Å². The van der Waals surface area contributed by atoms with Crippen LogP contribution in [0.1, 0.15) is 33.7 Å². The van der Waals surface area contributed by atoms with Crippen molar-refractivity contribution in [1.82, 2.24) is 14.7 Å². The molecule has 0 fully saturated rings. The summed E-state index contributed by atoms with van der Waals surface area (Å²) >= 11 is 0. The van der Waals surface area contributed by atoms with Gasteiger partial charge < -0.3 is 10.0 Å². The fourth-order valence-electron chi connectivity index (χ4n) is 3.14. The Hall–Kier alpha value is -3.27. The summed E-state index contributed by atoms with van der Waals surface area (Å²) in [6.45, 7) is -1.07. The second-order valence-corrected chi connectivity index (χ2v) is 6.59. The predicted molar refractivity (Wildman–Crippen MR) is 102 cm³/mol. The van der Waals surface area contributed by atoms with Gasteiger partial charge in [-0.2, -0.15) is 18.3 Å². The third-order valence-electron chi connectivity index (χ3n) is 4.48. The minimum atomic E-state index is -5.15. The normalized spacial score (nSPS) is 11.7. The Morgan fingerprint density at radius 3 is 2.13 bits per heavy atom. The van der Waals surface area contributed by atoms with E-state index in [4.69, 9.17) is 0 Å². The van der Waals surface area contributed by atoms with E-state index >= 15 is 0 Å². The predicted octanol–water partition coefficient (Wildman–Crippen LogP) is 4.46. The molecule has 0 atom stereocenters. The van der Waals surface area contributed by atoms with E-state index in [1.165, 1.54) is 24.3 Å². The lowest BCUT2D eigenvalue weighted by Gasteiger charge is -2.23. The highest BCUT2D eigenvalue weighted by Crippen LogP contribution is 2.38. The Kier molecular flexibility index (Phi) is 6.69. The van der Waals surface area contributed by atoms with Gasteiger partial charge in [-0.15, -0.1) is 0 Å². The van der Waals surface area contributed by atoms with Crippen molar-refractivity contribution in [3.8, 4) is 5.69 Å². The highest BCUT2D eigenvalue weighted by molar-refractivity contribution is 5.97. The summed E-state index contributed by atoms with van der Waals surface area (Å²) in [6, 6.07) is 15.4. The number of aromatic nitrogens is 2. The largest absolute Gasteiger partial charge is 0.436 e. The number of para-hydroxylation sites is 1. The van der Waals surface area contributed by atoms with Crippen LogP contribution in [-0.4, -0.2) is 38.8 Å². The zero-order valence-corrected chi connectivity index (χ0v) is 16.1. The van der Waals surface area contributed by atoms with Crippen LogP contribution in [0.25, 0.3) is 5.69 Å². The summed E-state index contributed by atoms with van der Waals surface area (Å²) in [5.74, 6) is -1.29. The van der Waals surface area contributed by atoms with E-state index in [2.05, 4.69) is 5.10 Å². The van der Waals surface area contributed by atoms with Gasteiger partial charge >= 0.3 is 6.18 Å². The molecule has 0 unspecified atom stereocenters. The first kappa shape index (κ1) is 22.4. The number of alkyl halides is 5. The number of carbonyl (C=O) groups excluding carboxylic acids is 1. The molecule has 10 heteroatoms. The summed E-state index contributed by atoms with van der Waals surface area (Å²) in [7, 11) is 0. The van der Waals surface area contributed by atoms with Crippen LogP contribution in [0.3, 0.4) is 0 Å². The number of halogens is 5. The molecule has 164 valence electrons. The third-order valence-corrected chi connectivity index (χ3v) is 4.48. The number of hydrogen-bond acceptors (Lipinski definition) is 3. The first-order chi connectivity index (χ1) is 14.7. The van der Waals surface area contributed by atoms with Gasteiger partial charge in [0.25, 0.3) is 12.3 Å². The zero-order chi connectivity index (χ0) is 22.6. The molecule has 3 aromatic rings. The second kappa shape index (κ2) is 9.25. The van der Waals surface area contributed by atoms with Crippen LogP contribution < -0.4 is 0 Å². The van der Waals surface area contributed by atoms with E-state index in [1.807, 2.05) is 0 Å². The zero-order valence-electron chi connectivity index (χ0n) is 16.1. The van der Waals surface area contributed by atoms with Gasteiger partial charge in [0.05, 0.1) is 17.9 Å². The number of nitrogens with zero attached hydrogens (tertiary/aromatic N) is 3. The summed E-state index contributed by atoms with van der Waals surface area (Å²) in [5.41, 5.74) is -3.56. The molecule has 0 radical (unpaired) electrons. The highest BCUT2D eigenvalue weighted by Gasteiger charge is 2.44. The van der Waals surface area contributed by atoms with Crippen LogP contribution in [-0.2, 0) is 12.7 Å². The molecule has 0 aliphatic rings. The molecule has 0 spiro atoms. The number of aliphatic hydroxyl groups is 1. The van der Waals surface area contributed by atoms with E-state index in [0.29, 0.717) is 10.2 Å². The Morgan fingerprint density at radius 1 is 1.03 bits per heavy atom. The lowest BCUT2D eigenvalue weighted by atomic mass is 10.1. The Labute approximate surface area is 174 Å². The molecule has 1 heterocycles. The minimum Gasteiger partial charge on any atom is -0.395 e. The fourth-order valence-corrected chi connectivity index (χ4v) is 3.14. The third kappa shape index (κ3) is 4.91. The van der Waals surface area contributed by atoms with Crippen molar-refractivity contribution in [2.24, 2.45) is 0 Å². The molecule has 0 saturated carbocycles. The van der Waals surface area contributed by atoms with Gasteiger partial charge in [0, 0.05) is 13.1 Å². The number of rotatable bonds is 7. The lowest BCUT2D eigenvalue weighted by molar-refractivity contribution is -0.141. The quantitative estimate of drug-likeness (QED) is 0.553. The summed E-state index contributed by atoms with van der Waals surface area (Å²) in [6.07, 6.45) is -8.55. The molecule has 0 bridgehead atoms. The van der Waals surface area contributed by atoms with Gasteiger partial charge in [-0.25, -0.2) is 13.5 Å². The molecule has 1 amide bonds. The first-order valence-electron chi connectivity index (χ1n) is 9.21. The Balaban J connectivity index is 2.17. The maximum atomic E-state index is 14.0. The van der Waals surface area contributed by atoms with Crippen molar-refractivity contribution in [2.45, 2.75) is 19.1 Å². The van der Waals surface area contributed by atoms with Crippen LogP contribution in [0.4, 0.5) is 22.0 Å². The molecule has 5 nitrogen and oxygen atoms in total. The van der Waals surface area contributed by atoms with Crippen LogP contribution in [0.5, 0.6) is 0 Å². The first-order valence-corrected chi connectivity index (χ1v) is 9.21. The van der Waals surface area contributed by atoms with Crippen molar-refractivity contribution < 1.29 is 31.9 Å². The molecule has 3 rings (SSSR count). The molecule has 0 saturated heterocycles. The molecule has 1 N–H and O–H groups in total. The van der Waals surface area contributed by atoms with Gasteiger partial charge in [-0.3, -0.25) is 4.79 Å². The summed E-state index contributed by atoms with van der Waals surface area (Å²) < 4.78 is 69.5. The van der Waals surface area contributed by atoms with Crippen LogP contribution in [0.2, 0.25) is 0 Å². The van der Waals surface area contributed by atoms with Gasteiger partial charge in [-0.1, -0.05) is 48.5 Å². The van der Waals surface area contributed by atoms with Crippen molar-refractivity contribution in [1.29, 1.82) is 0 Å². The molecule has 0 aliphatic heterocycles. The number of hydrogen-bond donors (Lipinski definition) is 1. The fraction of sp³-hybridized carbons (Fsp3) is 0.238. The number of benzene rings is 2. The smallest absolute Gasteiger partial charge is 0.395 e. The van der Waals surface area contributed by atoms with E-state index < -0.39 is 42.1 Å². The monoisotopic (exact) mass is 439 g/mol. The van der Waals surface area contributed by atoms with E-state index in [0.717, 1.165) is 4.90 Å². The molecular formula is C21H18F5N3O2. The van der Waals surface area contributed by atoms with Crippen LogP contribution in [0, 0.1) is 0 Å². The Morgan fingerprint density at radius 2 is 1.61 bits per heavy atom. The van der Waals surface area contributed by atoms with Crippen molar-refractivity contribution in [2.75, 3.05) is 13.2 Å². The van der Waals surface area contributed by atoms with Crippen molar-refractivity contribution >= 4 is 5.91 Å². The van der Waals surface area contributed by atoms with Crippen molar-refractivity contribution in [3.05, 3.63) is 83.2 Å². The number of amides is 1. The van der Waals surface area contributed by atoms with Gasteiger partial charge in [0.15, 0.2) is 5.69 Å². The van der Waals surface area contributed by atoms with Gasteiger partial charge in [0.1, 0.15) is 5.69 Å². The molecule has 2 aromatic carbocycles.